The molecule has 1 rings (SSSR count). The summed E-state index contributed by atoms with van der Waals surface area (Å²) in [6.07, 6.45) is 3.83. The lowest BCUT2D eigenvalue weighted by Gasteiger charge is -2.12. The van der Waals surface area contributed by atoms with E-state index in [2.05, 4.69) is 6.92 Å². The molecule has 1 aromatic rings. The molecule has 0 bridgehead atoms. The van der Waals surface area contributed by atoms with E-state index >= 15 is 0 Å². The summed E-state index contributed by atoms with van der Waals surface area (Å²) in [5.74, 6) is 0.914. The molecule has 0 radical (unpaired) electrons. The Morgan fingerprint density at radius 3 is 2.53 bits per heavy atom. The fourth-order valence-corrected chi connectivity index (χ4v) is 2.11. The minimum absolute atomic E-state index is 0.202. The van der Waals surface area contributed by atoms with Crippen molar-refractivity contribution >= 4 is 5.78 Å². The summed E-state index contributed by atoms with van der Waals surface area (Å²) in [5.41, 5.74) is 2.90. The van der Waals surface area contributed by atoms with Gasteiger partial charge in [-0.25, -0.2) is 0 Å². The fourth-order valence-electron chi connectivity index (χ4n) is 2.11. The highest BCUT2D eigenvalue weighted by Gasteiger charge is 2.15. The Bertz CT molecular complexity index is 394. The molecule has 1 aromatic carbocycles. The molecule has 0 N–H and O–H groups in total. The Kier molecular flexibility index (Phi) is 5.20. The lowest BCUT2D eigenvalue weighted by atomic mass is 9.97. The van der Waals surface area contributed by atoms with E-state index in [0.717, 1.165) is 36.0 Å². The zero-order chi connectivity index (χ0) is 12.8. The molecule has 0 saturated heterocycles. The number of Topliss-reactive ketones (excluding diaryl/α,β-unsaturated/α-hetero) is 1. The normalized spacial score (nSPS) is 10.4. The van der Waals surface area contributed by atoms with E-state index in [1.165, 1.54) is 0 Å². The quantitative estimate of drug-likeness (QED) is 0.547. The molecule has 0 aliphatic rings. The number of aryl methyl sites for hydroxylation is 2. The van der Waals surface area contributed by atoms with Crippen LogP contribution in [0.25, 0.3) is 0 Å². The van der Waals surface area contributed by atoms with Crippen molar-refractivity contribution in [2.24, 2.45) is 0 Å². The number of hydrogen-bond acceptors (Lipinski definition) is 2. The summed E-state index contributed by atoms with van der Waals surface area (Å²) in [6, 6.07) is 3.97. The Morgan fingerprint density at radius 2 is 1.94 bits per heavy atom. The number of methoxy groups -OCH3 is 1. The zero-order valence-electron chi connectivity index (χ0n) is 11.3. The molecule has 94 valence electrons. The van der Waals surface area contributed by atoms with Gasteiger partial charge in [-0.1, -0.05) is 25.8 Å². The molecule has 0 aromatic heterocycles. The van der Waals surface area contributed by atoms with Gasteiger partial charge in [0.1, 0.15) is 5.75 Å². The number of hydrogen-bond donors (Lipinski definition) is 0. The van der Waals surface area contributed by atoms with Crippen LogP contribution in [-0.4, -0.2) is 12.9 Å². The molecule has 0 aliphatic heterocycles. The van der Waals surface area contributed by atoms with Crippen molar-refractivity contribution < 1.29 is 9.53 Å². The van der Waals surface area contributed by atoms with Crippen LogP contribution in [-0.2, 0) is 0 Å². The molecule has 0 amide bonds. The summed E-state index contributed by atoms with van der Waals surface area (Å²) >= 11 is 0. The molecule has 2 heteroatoms. The van der Waals surface area contributed by atoms with Gasteiger partial charge in [-0.15, -0.1) is 0 Å². The maximum Gasteiger partial charge on any atom is 0.166 e. The number of unbranched alkanes of at least 4 members (excludes halogenated alkanes) is 2. The summed E-state index contributed by atoms with van der Waals surface area (Å²) < 4.78 is 5.31. The number of rotatable bonds is 6. The van der Waals surface area contributed by atoms with Gasteiger partial charge in [0.2, 0.25) is 0 Å². The van der Waals surface area contributed by atoms with E-state index in [0.29, 0.717) is 12.2 Å². The first kappa shape index (κ1) is 13.8. The van der Waals surface area contributed by atoms with E-state index in [1.54, 1.807) is 7.11 Å². The third kappa shape index (κ3) is 3.58. The Morgan fingerprint density at radius 1 is 1.24 bits per heavy atom. The first-order chi connectivity index (χ1) is 8.10. The van der Waals surface area contributed by atoms with Crippen LogP contribution in [0, 0.1) is 13.8 Å². The Balaban J connectivity index is 2.92. The third-order valence-corrected chi connectivity index (χ3v) is 2.95. The second kappa shape index (κ2) is 6.43. The van der Waals surface area contributed by atoms with Crippen LogP contribution in [0.2, 0.25) is 0 Å². The van der Waals surface area contributed by atoms with Crippen molar-refractivity contribution in [3.05, 3.63) is 28.8 Å². The SMILES string of the molecule is CCCCCC(=O)c1c(C)cc(C)cc1OC. The molecule has 0 saturated carbocycles. The van der Waals surface area contributed by atoms with Crippen LogP contribution in [0.4, 0.5) is 0 Å². The van der Waals surface area contributed by atoms with Crippen molar-refractivity contribution in [3.8, 4) is 5.75 Å². The van der Waals surface area contributed by atoms with Crippen LogP contribution >= 0.6 is 0 Å². The van der Waals surface area contributed by atoms with E-state index in [1.807, 2.05) is 26.0 Å². The lowest BCUT2D eigenvalue weighted by Crippen LogP contribution is -2.05. The third-order valence-electron chi connectivity index (χ3n) is 2.95. The van der Waals surface area contributed by atoms with Gasteiger partial charge in [-0.2, -0.15) is 0 Å². The van der Waals surface area contributed by atoms with Crippen molar-refractivity contribution in [1.82, 2.24) is 0 Å². The van der Waals surface area contributed by atoms with E-state index in [9.17, 15) is 4.79 Å². The largest absolute Gasteiger partial charge is 0.496 e. The van der Waals surface area contributed by atoms with Crippen LogP contribution in [0.3, 0.4) is 0 Å². The van der Waals surface area contributed by atoms with Crippen molar-refractivity contribution in [2.75, 3.05) is 7.11 Å². The monoisotopic (exact) mass is 234 g/mol. The van der Waals surface area contributed by atoms with E-state index in [4.69, 9.17) is 4.74 Å². The summed E-state index contributed by atoms with van der Waals surface area (Å²) in [4.78, 5) is 12.2. The van der Waals surface area contributed by atoms with E-state index in [-0.39, 0.29) is 5.78 Å². The average Bonchev–Trinajstić information content (AvgIpc) is 2.27. The molecule has 0 fully saturated rings. The number of ether oxygens (including phenoxy) is 1. The number of ketones is 1. The van der Waals surface area contributed by atoms with Crippen LogP contribution < -0.4 is 4.74 Å². The number of carbonyl (C=O) groups excluding carboxylic acids is 1. The highest BCUT2D eigenvalue weighted by atomic mass is 16.5. The zero-order valence-corrected chi connectivity index (χ0v) is 11.3. The van der Waals surface area contributed by atoms with Gasteiger partial charge in [-0.3, -0.25) is 4.79 Å². The van der Waals surface area contributed by atoms with Crippen LogP contribution in [0.1, 0.15) is 54.1 Å². The molecule has 0 heterocycles. The van der Waals surface area contributed by atoms with Gasteiger partial charge < -0.3 is 4.74 Å². The molecule has 0 aliphatic carbocycles. The van der Waals surface area contributed by atoms with E-state index < -0.39 is 0 Å². The second-order valence-corrected chi connectivity index (χ2v) is 4.54. The number of carbonyl (C=O) groups is 1. The number of benzene rings is 1. The summed E-state index contributed by atoms with van der Waals surface area (Å²) in [6.45, 7) is 6.13. The van der Waals surface area contributed by atoms with Crippen molar-refractivity contribution in [3.63, 3.8) is 0 Å². The fraction of sp³-hybridized carbons (Fsp3) is 0.533. The van der Waals surface area contributed by atoms with Gasteiger partial charge >= 0.3 is 0 Å². The van der Waals surface area contributed by atoms with Gasteiger partial charge in [0.15, 0.2) is 5.78 Å². The van der Waals surface area contributed by atoms with Crippen LogP contribution in [0.15, 0.2) is 12.1 Å². The standard InChI is InChI=1S/C15H22O2/c1-5-6-7-8-13(16)15-12(3)9-11(2)10-14(15)17-4/h9-10H,5-8H2,1-4H3. The maximum atomic E-state index is 12.2. The Hall–Kier alpha value is -1.31. The molecule has 0 atom stereocenters. The predicted octanol–water partition coefficient (Wildman–Crippen LogP) is 4.08. The second-order valence-electron chi connectivity index (χ2n) is 4.54. The molecular weight excluding hydrogens is 212 g/mol. The molecule has 0 spiro atoms. The van der Waals surface area contributed by atoms with Crippen LogP contribution in [0.5, 0.6) is 5.75 Å². The van der Waals surface area contributed by atoms with Crippen molar-refractivity contribution in [1.29, 1.82) is 0 Å². The lowest BCUT2D eigenvalue weighted by molar-refractivity contribution is 0.0975. The predicted molar refractivity (Wildman–Crippen MR) is 70.9 cm³/mol. The average molecular weight is 234 g/mol. The summed E-state index contributed by atoms with van der Waals surface area (Å²) in [5, 5.41) is 0. The maximum absolute atomic E-state index is 12.2. The Labute approximate surface area is 104 Å². The highest BCUT2D eigenvalue weighted by Crippen LogP contribution is 2.26. The highest BCUT2D eigenvalue weighted by molar-refractivity contribution is 6.00. The first-order valence-electron chi connectivity index (χ1n) is 6.28. The molecule has 2 nitrogen and oxygen atoms in total. The van der Waals surface area contributed by atoms with Crippen molar-refractivity contribution in [2.45, 2.75) is 46.5 Å². The molecular formula is C15H22O2. The molecule has 0 unspecified atom stereocenters. The van der Waals surface area contributed by atoms with Gasteiger partial charge in [0.25, 0.3) is 0 Å². The minimum atomic E-state index is 0.202. The summed E-state index contributed by atoms with van der Waals surface area (Å²) in [7, 11) is 1.62. The van der Waals surface area contributed by atoms with Gasteiger partial charge in [0.05, 0.1) is 12.7 Å². The minimum Gasteiger partial charge on any atom is -0.496 e. The first-order valence-corrected chi connectivity index (χ1v) is 6.28. The van der Waals surface area contributed by atoms with Gasteiger partial charge in [-0.05, 0) is 37.5 Å². The molecule has 17 heavy (non-hydrogen) atoms. The topological polar surface area (TPSA) is 26.3 Å². The smallest absolute Gasteiger partial charge is 0.166 e. The van der Waals surface area contributed by atoms with Gasteiger partial charge in [0, 0.05) is 6.42 Å².